The maximum Gasteiger partial charge on any atom is 0.0590 e. The molecule has 0 bridgehead atoms. The average molecular weight is 301 g/mol. The van der Waals surface area contributed by atoms with E-state index in [0.717, 1.165) is 32.8 Å². The molecule has 0 unspecified atom stereocenters. The number of ether oxygens (including phenoxy) is 1. The topological polar surface area (TPSA) is 24.5 Å². The second-order valence-corrected chi connectivity index (χ2v) is 6.35. The summed E-state index contributed by atoms with van der Waals surface area (Å²) in [7, 11) is 4.24. The highest BCUT2D eigenvalue weighted by Gasteiger charge is 1.94. The summed E-state index contributed by atoms with van der Waals surface area (Å²) in [6.45, 7) is 7.32. The van der Waals surface area contributed by atoms with Crippen molar-refractivity contribution in [2.45, 2.75) is 71.1 Å². The highest BCUT2D eigenvalue weighted by atomic mass is 16.5. The van der Waals surface area contributed by atoms with Crippen LogP contribution in [0.25, 0.3) is 0 Å². The summed E-state index contributed by atoms with van der Waals surface area (Å²) < 4.78 is 5.65. The minimum atomic E-state index is 0.860. The summed E-state index contributed by atoms with van der Waals surface area (Å²) in [6.07, 6.45) is 13.6. The lowest BCUT2D eigenvalue weighted by atomic mass is 10.1. The summed E-state index contributed by atoms with van der Waals surface area (Å²) in [4.78, 5) is 2.22. The van der Waals surface area contributed by atoms with E-state index >= 15 is 0 Å². The van der Waals surface area contributed by atoms with Crippen molar-refractivity contribution in [1.82, 2.24) is 10.2 Å². The number of unbranched alkanes of at least 4 members (excludes halogenated alkanes) is 8. The number of hydrogen-bond acceptors (Lipinski definition) is 3. The first-order valence-corrected chi connectivity index (χ1v) is 9.20. The van der Waals surface area contributed by atoms with E-state index in [1.54, 1.807) is 0 Å². The molecule has 0 atom stereocenters. The molecule has 21 heavy (non-hydrogen) atoms. The molecule has 0 radical (unpaired) electrons. The number of hydrogen-bond donors (Lipinski definition) is 1. The third kappa shape index (κ3) is 19.9. The van der Waals surface area contributed by atoms with Crippen LogP contribution in [0.5, 0.6) is 0 Å². The Labute approximate surface area is 133 Å². The van der Waals surface area contributed by atoms with Gasteiger partial charge in [0.15, 0.2) is 0 Å². The zero-order valence-electron chi connectivity index (χ0n) is 15.0. The van der Waals surface area contributed by atoms with Crippen molar-refractivity contribution in [3.8, 4) is 0 Å². The van der Waals surface area contributed by atoms with Gasteiger partial charge in [0.25, 0.3) is 0 Å². The van der Waals surface area contributed by atoms with Gasteiger partial charge in [-0.1, -0.05) is 58.3 Å². The quantitative estimate of drug-likeness (QED) is 0.410. The van der Waals surface area contributed by atoms with Crippen LogP contribution in [0.3, 0.4) is 0 Å². The van der Waals surface area contributed by atoms with Crippen LogP contribution in [0.4, 0.5) is 0 Å². The fourth-order valence-corrected chi connectivity index (χ4v) is 2.41. The normalized spacial score (nSPS) is 11.4. The highest BCUT2D eigenvalue weighted by molar-refractivity contribution is 4.50. The molecule has 0 saturated carbocycles. The molecule has 0 aliphatic rings. The van der Waals surface area contributed by atoms with Gasteiger partial charge >= 0.3 is 0 Å². The maximum absolute atomic E-state index is 5.65. The van der Waals surface area contributed by atoms with Crippen molar-refractivity contribution < 1.29 is 4.74 Å². The molecule has 128 valence electrons. The van der Waals surface area contributed by atoms with E-state index in [2.05, 4.69) is 31.2 Å². The molecule has 0 aromatic rings. The molecule has 0 aromatic carbocycles. The Balaban J connectivity index is 2.93. The van der Waals surface area contributed by atoms with E-state index in [9.17, 15) is 0 Å². The van der Waals surface area contributed by atoms with Crippen LogP contribution < -0.4 is 5.32 Å². The fraction of sp³-hybridized carbons (Fsp3) is 1.00. The molecular weight excluding hydrogens is 260 g/mol. The Morgan fingerprint density at radius 3 is 1.95 bits per heavy atom. The minimum absolute atomic E-state index is 0.860. The van der Waals surface area contributed by atoms with Gasteiger partial charge < -0.3 is 15.0 Å². The minimum Gasteiger partial charge on any atom is -0.380 e. The van der Waals surface area contributed by atoms with E-state index in [1.165, 1.54) is 64.2 Å². The lowest BCUT2D eigenvalue weighted by Crippen LogP contribution is -2.24. The van der Waals surface area contributed by atoms with Gasteiger partial charge in [-0.25, -0.2) is 0 Å². The highest BCUT2D eigenvalue weighted by Crippen LogP contribution is 2.09. The third-order valence-electron chi connectivity index (χ3n) is 3.77. The summed E-state index contributed by atoms with van der Waals surface area (Å²) >= 11 is 0. The predicted octanol–water partition coefficient (Wildman–Crippen LogP) is 4.08. The largest absolute Gasteiger partial charge is 0.380 e. The van der Waals surface area contributed by atoms with Gasteiger partial charge in [0.1, 0.15) is 0 Å². The average Bonchev–Trinajstić information content (AvgIpc) is 2.46. The summed E-state index contributed by atoms with van der Waals surface area (Å²) in [5, 5.41) is 3.42. The van der Waals surface area contributed by atoms with Crippen molar-refractivity contribution in [3.63, 3.8) is 0 Å². The molecule has 0 aliphatic heterocycles. The number of nitrogens with one attached hydrogen (secondary N) is 1. The Kier molecular flexibility index (Phi) is 17.8. The molecule has 3 nitrogen and oxygen atoms in total. The SMILES string of the molecule is CCCCCCCCCCCOCCNCCCN(C)C. The van der Waals surface area contributed by atoms with Gasteiger partial charge in [0.2, 0.25) is 0 Å². The molecule has 0 aromatic heterocycles. The Hall–Kier alpha value is -0.120. The van der Waals surface area contributed by atoms with Crippen LogP contribution in [0.1, 0.15) is 71.1 Å². The molecule has 1 N–H and O–H groups in total. The van der Waals surface area contributed by atoms with Gasteiger partial charge in [-0.15, -0.1) is 0 Å². The van der Waals surface area contributed by atoms with E-state index < -0.39 is 0 Å². The first kappa shape index (κ1) is 20.9. The molecule has 0 aliphatic carbocycles. The van der Waals surface area contributed by atoms with E-state index in [4.69, 9.17) is 4.74 Å². The maximum atomic E-state index is 5.65. The first-order chi connectivity index (χ1) is 10.3. The summed E-state index contributed by atoms with van der Waals surface area (Å²) in [5.74, 6) is 0. The molecule has 0 rings (SSSR count). The fourth-order valence-electron chi connectivity index (χ4n) is 2.41. The predicted molar refractivity (Wildman–Crippen MR) is 94.1 cm³/mol. The van der Waals surface area contributed by atoms with Crippen molar-refractivity contribution in [2.75, 3.05) is 46.9 Å². The van der Waals surface area contributed by atoms with Gasteiger partial charge in [-0.05, 0) is 40.0 Å². The van der Waals surface area contributed by atoms with Crippen LogP contribution in [-0.4, -0.2) is 51.8 Å². The smallest absolute Gasteiger partial charge is 0.0590 e. The first-order valence-electron chi connectivity index (χ1n) is 9.20. The molecule has 3 heteroatoms. The monoisotopic (exact) mass is 300 g/mol. The van der Waals surface area contributed by atoms with E-state index in [-0.39, 0.29) is 0 Å². The molecule has 0 spiro atoms. The molecule has 0 heterocycles. The molecule has 0 fully saturated rings. The van der Waals surface area contributed by atoms with Gasteiger partial charge in [-0.3, -0.25) is 0 Å². The zero-order chi connectivity index (χ0) is 15.6. The van der Waals surface area contributed by atoms with Crippen LogP contribution >= 0.6 is 0 Å². The Morgan fingerprint density at radius 2 is 1.33 bits per heavy atom. The van der Waals surface area contributed by atoms with Crippen LogP contribution in [0, 0.1) is 0 Å². The van der Waals surface area contributed by atoms with Crippen LogP contribution in [-0.2, 0) is 4.74 Å². The third-order valence-corrected chi connectivity index (χ3v) is 3.77. The second-order valence-electron chi connectivity index (χ2n) is 6.35. The molecule has 0 saturated heterocycles. The molecular formula is C18H40N2O. The van der Waals surface area contributed by atoms with Gasteiger partial charge in [-0.2, -0.15) is 0 Å². The van der Waals surface area contributed by atoms with Crippen molar-refractivity contribution in [1.29, 1.82) is 0 Å². The number of rotatable bonds is 17. The van der Waals surface area contributed by atoms with Crippen LogP contribution in [0.15, 0.2) is 0 Å². The van der Waals surface area contributed by atoms with Crippen molar-refractivity contribution in [2.24, 2.45) is 0 Å². The molecule has 0 amide bonds. The van der Waals surface area contributed by atoms with E-state index in [0.29, 0.717) is 0 Å². The summed E-state index contributed by atoms with van der Waals surface area (Å²) in [6, 6.07) is 0. The van der Waals surface area contributed by atoms with Crippen LogP contribution in [0.2, 0.25) is 0 Å². The summed E-state index contributed by atoms with van der Waals surface area (Å²) in [5.41, 5.74) is 0. The van der Waals surface area contributed by atoms with E-state index in [1.807, 2.05) is 0 Å². The Bertz CT molecular complexity index is 186. The van der Waals surface area contributed by atoms with Gasteiger partial charge in [0, 0.05) is 13.2 Å². The second kappa shape index (κ2) is 17.9. The van der Waals surface area contributed by atoms with Crippen molar-refractivity contribution in [3.05, 3.63) is 0 Å². The van der Waals surface area contributed by atoms with Gasteiger partial charge in [0.05, 0.1) is 6.61 Å². The standard InChI is InChI=1S/C18H40N2O/c1-4-5-6-7-8-9-10-11-12-17-21-18-15-19-14-13-16-20(2)3/h19H,4-18H2,1-3H3. The van der Waals surface area contributed by atoms with Crippen molar-refractivity contribution >= 4 is 0 Å². The Morgan fingerprint density at radius 1 is 0.714 bits per heavy atom. The lowest BCUT2D eigenvalue weighted by molar-refractivity contribution is 0.131. The lowest BCUT2D eigenvalue weighted by Gasteiger charge is -2.10. The zero-order valence-corrected chi connectivity index (χ0v) is 15.0. The number of nitrogens with zero attached hydrogens (tertiary/aromatic N) is 1.